The lowest BCUT2D eigenvalue weighted by molar-refractivity contribution is -0.161. The maximum Gasteiger partial charge on any atom is 0.472 e. The zero-order valence-corrected chi connectivity index (χ0v) is 51.7. The van der Waals surface area contributed by atoms with Crippen LogP contribution in [0, 0.1) is 0 Å². The number of hydrogen-bond donors (Lipinski definition) is 2. The maximum absolute atomic E-state index is 13.0. The van der Waals surface area contributed by atoms with Crippen LogP contribution in [0.4, 0.5) is 0 Å². The molecule has 458 valence electrons. The van der Waals surface area contributed by atoms with E-state index >= 15 is 0 Å². The zero-order chi connectivity index (χ0) is 58.3. The summed E-state index contributed by atoms with van der Waals surface area (Å²) in [4.78, 5) is 48.7. The summed E-state index contributed by atoms with van der Waals surface area (Å²) in [6, 6.07) is 0. The minimum Gasteiger partial charge on any atom is -0.462 e. The third-order valence-corrected chi connectivity index (χ3v) is 14.1. The van der Waals surface area contributed by atoms with Gasteiger partial charge in [0, 0.05) is 19.3 Å². The SMILES string of the molecule is CC/C=C\C/C=C\C/C=C\C/C=C\C/C=C\CCCCCC(=O)OCC(COP(=O)(O)OCC(CO)OC(=O)CCCCCCCCC/C=C\CCCCCCCC)OC(=O)CCCCCCCCC/C=C\C/C=C\C/C=C\CC. The van der Waals surface area contributed by atoms with E-state index in [1.807, 2.05) is 0 Å². The number of aliphatic hydroxyl groups excluding tert-OH is 1. The molecule has 0 saturated heterocycles. The van der Waals surface area contributed by atoms with Crippen LogP contribution in [0.1, 0.15) is 265 Å². The summed E-state index contributed by atoms with van der Waals surface area (Å²) in [6.45, 7) is 4.38. The fraction of sp³-hybridized carbons (Fsp3) is 0.691. The number of allylic oxidation sites excluding steroid dienone is 18. The van der Waals surface area contributed by atoms with Crippen LogP contribution < -0.4 is 0 Å². The summed E-state index contributed by atoms with van der Waals surface area (Å²) >= 11 is 0. The summed E-state index contributed by atoms with van der Waals surface area (Å²) in [5.41, 5.74) is 0. The average Bonchev–Trinajstić information content (AvgIpc) is 3.45. The molecule has 3 atom stereocenters. The molecule has 0 spiro atoms. The highest BCUT2D eigenvalue weighted by Crippen LogP contribution is 2.43. The Morgan fingerprint density at radius 3 is 1.02 bits per heavy atom. The Morgan fingerprint density at radius 1 is 0.362 bits per heavy atom. The molecular weight excluding hydrogens is 1020 g/mol. The van der Waals surface area contributed by atoms with Gasteiger partial charge in [0.05, 0.1) is 19.8 Å². The van der Waals surface area contributed by atoms with Crippen molar-refractivity contribution in [3.05, 3.63) is 109 Å². The molecule has 0 aromatic carbocycles. The van der Waals surface area contributed by atoms with Crippen molar-refractivity contribution in [3.8, 4) is 0 Å². The minimum absolute atomic E-state index is 0.144. The van der Waals surface area contributed by atoms with E-state index in [1.54, 1.807) is 0 Å². The normalized spacial score (nSPS) is 14.0. The predicted octanol–water partition coefficient (Wildman–Crippen LogP) is 19.4. The molecule has 0 aliphatic heterocycles. The zero-order valence-electron chi connectivity index (χ0n) is 50.8. The third kappa shape index (κ3) is 58.8. The highest BCUT2D eigenvalue weighted by Gasteiger charge is 2.28. The molecule has 0 aliphatic carbocycles. The van der Waals surface area contributed by atoms with Gasteiger partial charge in [-0.3, -0.25) is 23.4 Å². The van der Waals surface area contributed by atoms with Crippen molar-refractivity contribution in [1.29, 1.82) is 0 Å². The Kier molecular flexibility index (Phi) is 58.3. The van der Waals surface area contributed by atoms with Crippen LogP contribution in [-0.2, 0) is 42.2 Å². The molecule has 3 unspecified atom stereocenters. The van der Waals surface area contributed by atoms with Crippen LogP contribution in [0.2, 0.25) is 0 Å². The molecule has 0 bridgehead atoms. The Morgan fingerprint density at radius 2 is 0.650 bits per heavy atom. The van der Waals surface area contributed by atoms with Gasteiger partial charge in [-0.25, -0.2) is 4.57 Å². The van der Waals surface area contributed by atoms with E-state index in [9.17, 15) is 28.9 Å². The fourth-order valence-corrected chi connectivity index (χ4v) is 9.18. The molecule has 0 heterocycles. The van der Waals surface area contributed by atoms with Crippen molar-refractivity contribution in [1.82, 2.24) is 0 Å². The van der Waals surface area contributed by atoms with E-state index in [2.05, 4.69) is 130 Å². The molecule has 0 radical (unpaired) electrons. The fourth-order valence-electron chi connectivity index (χ4n) is 8.39. The topological polar surface area (TPSA) is 155 Å². The van der Waals surface area contributed by atoms with Gasteiger partial charge in [0.15, 0.2) is 6.10 Å². The van der Waals surface area contributed by atoms with Crippen molar-refractivity contribution >= 4 is 25.7 Å². The third-order valence-electron chi connectivity index (χ3n) is 13.2. The van der Waals surface area contributed by atoms with Gasteiger partial charge in [-0.1, -0.05) is 233 Å². The van der Waals surface area contributed by atoms with Crippen LogP contribution in [0.3, 0.4) is 0 Å². The highest BCUT2D eigenvalue weighted by atomic mass is 31.2. The van der Waals surface area contributed by atoms with Gasteiger partial charge in [0.2, 0.25) is 0 Å². The van der Waals surface area contributed by atoms with Crippen LogP contribution in [-0.4, -0.2) is 66.5 Å². The second kappa shape index (κ2) is 61.2. The van der Waals surface area contributed by atoms with Gasteiger partial charge in [-0.05, 0) is 122 Å². The molecule has 0 fully saturated rings. The molecular formula is C68H115O11P. The van der Waals surface area contributed by atoms with Gasteiger partial charge >= 0.3 is 25.7 Å². The van der Waals surface area contributed by atoms with Gasteiger partial charge in [-0.15, -0.1) is 0 Å². The molecule has 0 aromatic heterocycles. The van der Waals surface area contributed by atoms with Crippen LogP contribution in [0.25, 0.3) is 0 Å². The summed E-state index contributed by atoms with van der Waals surface area (Å²) in [7, 11) is -4.77. The Labute approximate surface area is 488 Å². The second-order valence-electron chi connectivity index (χ2n) is 20.8. The number of ether oxygens (including phenoxy) is 3. The smallest absolute Gasteiger partial charge is 0.462 e. The van der Waals surface area contributed by atoms with Gasteiger partial charge in [0.1, 0.15) is 12.7 Å². The first-order chi connectivity index (χ1) is 39.2. The van der Waals surface area contributed by atoms with E-state index < -0.39 is 57.8 Å². The lowest BCUT2D eigenvalue weighted by Crippen LogP contribution is -2.30. The van der Waals surface area contributed by atoms with Crippen LogP contribution in [0.15, 0.2) is 109 Å². The number of rotatable bonds is 58. The van der Waals surface area contributed by atoms with E-state index in [0.29, 0.717) is 19.3 Å². The molecule has 0 amide bonds. The quantitative estimate of drug-likeness (QED) is 0.0197. The Hall–Kier alpha value is -3.86. The van der Waals surface area contributed by atoms with Crippen molar-refractivity contribution in [2.24, 2.45) is 0 Å². The average molecular weight is 1140 g/mol. The molecule has 0 rings (SSSR count). The summed E-state index contributed by atoms with van der Waals surface area (Å²) in [5.74, 6) is -1.52. The lowest BCUT2D eigenvalue weighted by Gasteiger charge is -2.21. The molecule has 0 aliphatic rings. The number of hydrogen-bond acceptors (Lipinski definition) is 10. The first-order valence-electron chi connectivity index (χ1n) is 31.8. The molecule has 80 heavy (non-hydrogen) atoms. The maximum atomic E-state index is 13.0. The number of unbranched alkanes of at least 4 members (excludes halogenated alkanes) is 23. The van der Waals surface area contributed by atoms with Crippen LogP contribution >= 0.6 is 7.82 Å². The molecule has 2 N–H and O–H groups in total. The van der Waals surface area contributed by atoms with Gasteiger partial charge in [0.25, 0.3) is 0 Å². The molecule has 0 aromatic rings. The first-order valence-corrected chi connectivity index (χ1v) is 33.3. The van der Waals surface area contributed by atoms with Crippen molar-refractivity contribution in [2.45, 2.75) is 277 Å². The summed E-state index contributed by atoms with van der Waals surface area (Å²) in [6.07, 6.45) is 74.6. The summed E-state index contributed by atoms with van der Waals surface area (Å²) in [5, 5.41) is 9.85. The van der Waals surface area contributed by atoms with Crippen molar-refractivity contribution in [2.75, 3.05) is 26.4 Å². The largest absolute Gasteiger partial charge is 0.472 e. The number of phosphoric ester groups is 1. The molecule has 12 heteroatoms. The monoisotopic (exact) mass is 1140 g/mol. The predicted molar refractivity (Wildman–Crippen MR) is 334 cm³/mol. The number of carbonyl (C=O) groups excluding carboxylic acids is 3. The Bertz CT molecular complexity index is 1760. The minimum atomic E-state index is -4.77. The van der Waals surface area contributed by atoms with E-state index in [1.165, 1.54) is 64.2 Å². The second-order valence-corrected chi connectivity index (χ2v) is 22.3. The molecule has 11 nitrogen and oxygen atoms in total. The highest BCUT2D eigenvalue weighted by molar-refractivity contribution is 7.47. The van der Waals surface area contributed by atoms with E-state index in [4.69, 9.17) is 23.3 Å². The van der Waals surface area contributed by atoms with Gasteiger partial charge < -0.3 is 24.2 Å². The Balaban J connectivity index is 4.77. The molecule has 0 saturated carbocycles. The van der Waals surface area contributed by atoms with E-state index in [-0.39, 0.29) is 25.9 Å². The number of phosphoric acid groups is 1. The standard InChI is InChI=1S/C68H115O11P/c1-4-7-10-13-16-19-22-25-28-31-32-35-36-39-42-45-48-51-54-57-66(70)75-61-65(79-68(72)59-56-53-50-47-44-41-38-34-30-27-24-21-18-15-12-9-6-3)63-77-80(73,74)76-62-64(60-69)78-67(71)58-55-52-49-46-43-40-37-33-29-26-23-20-17-14-11-8-5-2/h7,9-10,12,16,18-19,21,25-30,32,35,39,42,64-65,69H,4-6,8,11,13-15,17,20,22-24,31,33-34,36-38,40-41,43-63H2,1-3H3,(H,73,74)/b10-7-,12-9-,19-16-,21-18-,28-25-,29-26-,30-27-,35-32-,42-39-. The van der Waals surface area contributed by atoms with E-state index in [0.717, 1.165) is 141 Å². The van der Waals surface area contributed by atoms with Crippen molar-refractivity contribution < 1.29 is 52.2 Å². The number of carbonyl (C=O) groups is 3. The van der Waals surface area contributed by atoms with Crippen molar-refractivity contribution in [3.63, 3.8) is 0 Å². The van der Waals surface area contributed by atoms with Crippen LogP contribution in [0.5, 0.6) is 0 Å². The number of esters is 3. The number of aliphatic hydroxyl groups is 1. The van der Waals surface area contributed by atoms with Gasteiger partial charge in [-0.2, -0.15) is 0 Å². The first kappa shape index (κ1) is 76.1. The summed E-state index contributed by atoms with van der Waals surface area (Å²) < 4.78 is 39.6. The lowest BCUT2D eigenvalue weighted by atomic mass is 10.1.